The highest BCUT2D eigenvalue weighted by Gasteiger charge is 2.29. The van der Waals surface area contributed by atoms with Gasteiger partial charge < -0.3 is 10.2 Å². The van der Waals surface area contributed by atoms with Crippen molar-refractivity contribution in [1.82, 2.24) is 14.9 Å². The molecule has 1 fully saturated rings. The lowest BCUT2D eigenvalue weighted by atomic mass is 10.2. The van der Waals surface area contributed by atoms with Gasteiger partial charge in [-0.2, -0.15) is 0 Å². The summed E-state index contributed by atoms with van der Waals surface area (Å²) >= 11 is 0. The summed E-state index contributed by atoms with van der Waals surface area (Å²) in [6.45, 7) is 0.696. The number of likely N-dealkylation sites (N-methyl/N-ethyl adjacent to an activating group) is 1. The fourth-order valence-electron chi connectivity index (χ4n) is 2.30. The summed E-state index contributed by atoms with van der Waals surface area (Å²) in [5, 5.41) is 3.35. The second-order valence-corrected chi connectivity index (χ2v) is 4.60. The molecule has 3 rings (SSSR count). The summed E-state index contributed by atoms with van der Waals surface area (Å²) in [7, 11) is 1.75. The Morgan fingerprint density at radius 2 is 2.26 bits per heavy atom. The fourth-order valence-corrected chi connectivity index (χ4v) is 2.30. The molecule has 1 aromatic carbocycles. The fraction of sp³-hybridized carbons (Fsp3) is 0.308. The number of nitrogens with one attached hydrogen (secondary N) is 1. The van der Waals surface area contributed by atoms with Crippen LogP contribution >= 0.6 is 0 Å². The Hall–Kier alpha value is -2.24. The van der Waals surface area contributed by atoms with E-state index in [1.807, 2.05) is 0 Å². The van der Waals surface area contributed by atoms with Crippen LogP contribution in [0.5, 0.6) is 0 Å². The lowest BCUT2D eigenvalue weighted by Crippen LogP contribution is -2.31. The Balaban J connectivity index is 2.00. The van der Waals surface area contributed by atoms with E-state index in [-0.39, 0.29) is 17.8 Å². The van der Waals surface area contributed by atoms with Gasteiger partial charge in [-0.3, -0.25) is 4.79 Å². The summed E-state index contributed by atoms with van der Waals surface area (Å²) in [6, 6.07) is 4.33. The average molecular weight is 260 g/mol. The van der Waals surface area contributed by atoms with Crippen molar-refractivity contribution in [3.05, 3.63) is 30.3 Å². The van der Waals surface area contributed by atoms with Crippen LogP contribution < -0.4 is 5.32 Å². The second kappa shape index (κ2) is 4.46. The number of amides is 1. The van der Waals surface area contributed by atoms with Crippen LogP contribution in [0.15, 0.2) is 24.5 Å². The number of carbonyl (C=O) groups excluding carboxylic acids is 1. The van der Waals surface area contributed by atoms with E-state index in [4.69, 9.17) is 0 Å². The van der Waals surface area contributed by atoms with Gasteiger partial charge in [-0.1, -0.05) is 6.07 Å². The minimum absolute atomic E-state index is 0.00287. The average Bonchev–Trinajstić information content (AvgIpc) is 2.71. The lowest BCUT2D eigenvalue weighted by molar-refractivity contribution is -0.127. The van der Waals surface area contributed by atoms with Gasteiger partial charge in [0.15, 0.2) is 0 Å². The van der Waals surface area contributed by atoms with Crippen LogP contribution in [0.25, 0.3) is 10.9 Å². The topological polar surface area (TPSA) is 58.1 Å². The van der Waals surface area contributed by atoms with Crippen molar-refractivity contribution in [2.75, 3.05) is 18.9 Å². The molecule has 1 aliphatic rings. The Bertz CT molecular complexity index is 640. The Kier molecular flexibility index (Phi) is 2.77. The zero-order valence-electron chi connectivity index (χ0n) is 10.4. The number of hydrogen-bond donors (Lipinski definition) is 1. The molecule has 1 aromatic heterocycles. The maximum absolute atomic E-state index is 13.9. The maximum Gasteiger partial charge on any atom is 0.244 e. The summed E-state index contributed by atoms with van der Waals surface area (Å²) in [5.41, 5.74) is 0.524. The van der Waals surface area contributed by atoms with Gasteiger partial charge in [0.05, 0.1) is 10.9 Å². The van der Waals surface area contributed by atoms with Crippen LogP contribution in [-0.4, -0.2) is 40.4 Å². The number of hydrogen-bond acceptors (Lipinski definition) is 4. The highest BCUT2D eigenvalue weighted by molar-refractivity contribution is 5.93. The zero-order chi connectivity index (χ0) is 13.4. The number of fused-ring (bicyclic) bond motifs is 1. The third kappa shape index (κ3) is 1.99. The molecular formula is C13H13FN4O. The van der Waals surface area contributed by atoms with Crippen molar-refractivity contribution in [3.8, 4) is 0 Å². The number of benzene rings is 1. The van der Waals surface area contributed by atoms with Gasteiger partial charge in [-0.25, -0.2) is 14.4 Å². The number of aromatic nitrogens is 2. The first kappa shape index (κ1) is 11.8. The first-order chi connectivity index (χ1) is 9.16. The summed E-state index contributed by atoms with van der Waals surface area (Å²) in [5.74, 6) is -0.0146. The van der Waals surface area contributed by atoms with E-state index in [0.29, 0.717) is 29.7 Å². The largest absolute Gasteiger partial charge is 0.358 e. The number of rotatable bonds is 2. The Labute approximate surface area is 109 Å². The Morgan fingerprint density at radius 1 is 1.42 bits per heavy atom. The number of nitrogens with zero attached hydrogens (tertiary/aromatic N) is 3. The molecule has 2 aromatic rings. The molecule has 0 bridgehead atoms. The van der Waals surface area contributed by atoms with Gasteiger partial charge in [-0.15, -0.1) is 0 Å². The third-order valence-electron chi connectivity index (χ3n) is 3.35. The molecule has 19 heavy (non-hydrogen) atoms. The van der Waals surface area contributed by atoms with Crippen LogP contribution in [0, 0.1) is 5.82 Å². The molecule has 98 valence electrons. The molecule has 1 amide bonds. The quantitative estimate of drug-likeness (QED) is 0.887. The van der Waals surface area contributed by atoms with Gasteiger partial charge in [-0.05, 0) is 18.6 Å². The van der Waals surface area contributed by atoms with E-state index in [2.05, 4.69) is 15.3 Å². The standard InChI is InChI=1S/C13H13FN4O/c1-18-6-5-10(13(18)19)17-12-11-8(14)3-2-4-9(11)15-7-16-12/h2-4,7,10H,5-6H2,1H3,(H,15,16,17)/t10-/m1/s1. The van der Waals surface area contributed by atoms with Crippen LogP contribution in [0.3, 0.4) is 0 Å². The summed E-state index contributed by atoms with van der Waals surface area (Å²) in [4.78, 5) is 21.6. The van der Waals surface area contributed by atoms with Crippen molar-refractivity contribution in [2.24, 2.45) is 0 Å². The van der Waals surface area contributed by atoms with Crippen molar-refractivity contribution in [1.29, 1.82) is 0 Å². The first-order valence-electron chi connectivity index (χ1n) is 6.07. The minimum Gasteiger partial charge on any atom is -0.358 e. The third-order valence-corrected chi connectivity index (χ3v) is 3.35. The molecule has 0 radical (unpaired) electrons. The first-order valence-corrected chi connectivity index (χ1v) is 6.07. The molecule has 6 heteroatoms. The monoisotopic (exact) mass is 260 g/mol. The molecule has 0 unspecified atom stereocenters. The van der Waals surface area contributed by atoms with Crippen LogP contribution in [0.1, 0.15) is 6.42 Å². The molecule has 0 spiro atoms. The molecule has 0 saturated carbocycles. The SMILES string of the molecule is CN1CC[C@@H](Nc2ncnc3cccc(F)c23)C1=O. The predicted molar refractivity (Wildman–Crippen MR) is 69.2 cm³/mol. The lowest BCUT2D eigenvalue weighted by Gasteiger charge is -2.14. The van der Waals surface area contributed by atoms with Crippen LogP contribution in [-0.2, 0) is 4.79 Å². The van der Waals surface area contributed by atoms with E-state index < -0.39 is 0 Å². The number of carbonyl (C=O) groups is 1. The minimum atomic E-state index is -0.389. The molecular weight excluding hydrogens is 247 g/mol. The highest BCUT2D eigenvalue weighted by atomic mass is 19.1. The zero-order valence-corrected chi connectivity index (χ0v) is 10.4. The summed E-state index contributed by atoms with van der Waals surface area (Å²) < 4.78 is 13.9. The Morgan fingerprint density at radius 3 is 3.00 bits per heavy atom. The molecule has 0 aliphatic carbocycles. The van der Waals surface area contributed by atoms with E-state index >= 15 is 0 Å². The van der Waals surface area contributed by atoms with Gasteiger partial charge in [0, 0.05) is 13.6 Å². The van der Waals surface area contributed by atoms with Gasteiger partial charge in [0.2, 0.25) is 5.91 Å². The second-order valence-electron chi connectivity index (χ2n) is 4.60. The van der Waals surface area contributed by atoms with Crippen molar-refractivity contribution in [2.45, 2.75) is 12.5 Å². The van der Waals surface area contributed by atoms with E-state index in [9.17, 15) is 9.18 Å². The van der Waals surface area contributed by atoms with E-state index in [1.54, 1.807) is 24.1 Å². The predicted octanol–water partition coefficient (Wildman–Crippen LogP) is 1.41. The molecule has 1 saturated heterocycles. The normalized spacial score (nSPS) is 19.2. The van der Waals surface area contributed by atoms with E-state index in [1.165, 1.54) is 12.4 Å². The van der Waals surface area contributed by atoms with Crippen LogP contribution in [0.4, 0.5) is 10.2 Å². The van der Waals surface area contributed by atoms with Gasteiger partial charge >= 0.3 is 0 Å². The van der Waals surface area contributed by atoms with Gasteiger partial charge in [0.25, 0.3) is 0 Å². The highest BCUT2D eigenvalue weighted by Crippen LogP contribution is 2.24. The maximum atomic E-state index is 13.9. The van der Waals surface area contributed by atoms with Crippen molar-refractivity contribution in [3.63, 3.8) is 0 Å². The smallest absolute Gasteiger partial charge is 0.244 e. The van der Waals surface area contributed by atoms with Crippen molar-refractivity contribution >= 4 is 22.6 Å². The molecule has 2 heterocycles. The van der Waals surface area contributed by atoms with Crippen molar-refractivity contribution < 1.29 is 9.18 Å². The molecule has 5 nitrogen and oxygen atoms in total. The molecule has 1 aliphatic heterocycles. The number of likely N-dealkylation sites (tertiary alicyclic amines) is 1. The number of anilines is 1. The van der Waals surface area contributed by atoms with Gasteiger partial charge in [0.1, 0.15) is 24.0 Å². The summed E-state index contributed by atoms with van der Waals surface area (Å²) in [6.07, 6.45) is 2.06. The van der Waals surface area contributed by atoms with Crippen LogP contribution in [0.2, 0.25) is 0 Å². The molecule has 1 atom stereocenters. The molecule has 1 N–H and O–H groups in total. The van der Waals surface area contributed by atoms with E-state index in [0.717, 1.165) is 0 Å². The number of halogens is 1.